The van der Waals surface area contributed by atoms with Gasteiger partial charge in [-0.2, -0.15) is 0 Å². The van der Waals surface area contributed by atoms with Gasteiger partial charge in [0.2, 0.25) is 0 Å². The van der Waals surface area contributed by atoms with Gasteiger partial charge in [-0.25, -0.2) is 15.0 Å². The smallest absolute Gasteiger partial charge is 0.182 e. The van der Waals surface area contributed by atoms with Crippen LogP contribution in [0.4, 0.5) is 5.82 Å². The second kappa shape index (κ2) is 4.89. The fourth-order valence-corrected chi connectivity index (χ4v) is 2.58. The summed E-state index contributed by atoms with van der Waals surface area (Å²) in [6, 6.07) is 0.529. The summed E-state index contributed by atoms with van der Waals surface area (Å²) in [6.45, 7) is 2.19. The molecule has 1 fully saturated rings. The number of aromatic amines is 1. The highest BCUT2D eigenvalue weighted by atomic mass is 15.2. The fraction of sp³-hybridized carbons (Fsp3) is 0.583. The molecule has 0 saturated carbocycles. The van der Waals surface area contributed by atoms with E-state index < -0.39 is 0 Å². The Morgan fingerprint density at radius 1 is 1.22 bits per heavy atom. The lowest BCUT2D eigenvalue weighted by molar-refractivity contribution is 0.563. The largest absolute Gasteiger partial charge is 0.355 e. The van der Waals surface area contributed by atoms with Crippen LogP contribution in [0.25, 0.3) is 11.2 Å². The monoisotopic (exact) mass is 246 g/mol. The second-order valence-corrected chi connectivity index (χ2v) is 4.74. The minimum atomic E-state index is 0.529. The summed E-state index contributed by atoms with van der Waals surface area (Å²) in [6.07, 6.45) is 6.82. The topological polar surface area (TPSA) is 69.7 Å². The molecule has 0 bridgehead atoms. The van der Waals surface area contributed by atoms with Gasteiger partial charge in [0.25, 0.3) is 0 Å². The minimum Gasteiger partial charge on any atom is -0.355 e. The number of anilines is 1. The molecular formula is C12H18N6. The maximum absolute atomic E-state index is 4.41. The molecule has 3 rings (SSSR count). The van der Waals surface area contributed by atoms with Gasteiger partial charge >= 0.3 is 0 Å². The third-order valence-electron chi connectivity index (χ3n) is 3.63. The fourth-order valence-electron chi connectivity index (χ4n) is 2.58. The predicted octanol–water partition coefficient (Wildman–Crippen LogP) is 0.931. The third kappa shape index (κ3) is 2.03. The van der Waals surface area contributed by atoms with Gasteiger partial charge in [-0.05, 0) is 32.4 Å². The van der Waals surface area contributed by atoms with Crippen molar-refractivity contribution >= 4 is 17.0 Å². The van der Waals surface area contributed by atoms with Crippen molar-refractivity contribution in [1.29, 1.82) is 0 Å². The van der Waals surface area contributed by atoms with Gasteiger partial charge in [-0.15, -0.1) is 0 Å². The van der Waals surface area contributed by atoms with Gasteiger partial charge in [0.05, 0.1) is 6.33 Å². The maximum Gasteiger partial charge on any atom is 0.182 e. The van der Waals surface area contributed by atoms with Crippen LogP contribution in [-0.4, -0.2) is 46.1 Å². The highest BCUT2D eigenvalue weighted by Gasteiger charge is 2.20. The highest BCUT2D eigenvalue weighted by Crippen LogP contribution is 2.23. The molecule has 96 valence electrons. The lowest BCUT2D eigenvalue weighted by atomic mass is 10.1. The van der Waals surface area contributed by atoms with E-state index in [0.717, 1.165) is 36.5 Å². The molecule has 0 aliphatic carbocycles. The van der Waals surface area contributed by atoms with Crippen LogP contribution in [0.1, 0.15) is 19.3 Å². The standard InChI is InChI=1S/C12H18N6/c1-18(9-3-2-5-13-6-4-9)12-10-11(15-7-14-10)16-8-17-12/h7-9,13H,2-6H2,1H3,(H,14,15,16,17). The molecule has 2 N–H and O–H groups in total. The number of nitrogens with zero attached hydrogens (tertiary/aromatic N) is 4. The Hall–Kier alpha value is -1.69. The molecule has 1 aliphatic heterocycles. The van der Waals surface area contributed by atoms with Crippen molar-refractivity contribution in [2.45, 2.75) is 25.3 Å². The predicted molar refractivity (Wildman–Crippen MR) is 70.6 cm³/mol. The number of rotatable bonds is 2. The third-order valence-corrected chi connectivity index (χ3v) is 3.63. The molecular weight excluding hydrogens is 228 g/mol. The Bertz CT molecular complexity index is 514. The maximum atomic E-state index is 4.41. The molecule has 0 spiro atoms. The summed E-state index contributed by atoms with van der Waals surface area (Å²) in [5, 5.41) is 3.44. The summed E-state index contributed by atoms with van der Waals surface area (Å²) in [5.74, 6) is 0.949. The van der Waals surface area contributed by atoms with Gasteiger partial charge in [-0.1, -0.05) is 0 Å². The number of imidazole rings is 1. The Labute approximate surface area is 106 Å². The Morgan fingerprint density at radius 2 is 2.17 bits per heavy atom. The van der Waals surface area contributed by atoms with E-state index in [2.05, 4.69) is 37.2 Å². The summed E-state index contributed by atoms with van der Waals surface area (Å²) in [4.78, 5) is 18.1. The quantitative estimate of drug-likeness (QED) is 0.825. The molecule has 0 amide bonds. The normalized spacial score (nSPS) is 20.8. The van der Waals surface area contributed by atoms with E-state index in [1.807, 2.05) is 0 Å². The van der Waals surface area contributed by atoms with E-state index in [0.29, 0.717) is 6.04 Å². The van der Waals surface area contributed by atoms with Crippen LogP contribution >= 0.6 is 0 Å². The first-order chi connectivity index (χ1) is 8.86. The summed E-state index contributed by atoms with van der Waals surface area (Å²) < 4.78 is 0. The van der Waals surface area contributed by atoms with Crippen molar-refractivity contribution in [1.82, 2.24) is 25.3 Å². The molecule has 18 heavy (non-hydrogen) atoms. The molecule has 1 atom stereocenters. The molecule has 0 radical (unpaired) electrons. The van der Waals surface area contributed by atoms with Crippen LogP contribution in [0, 0.1) is 0 Å². The van der Waals surface area contributed by atoms with Crippen molar-refractivity contribution in [2.75, 3.05) is 25.0 Å². The first kappa shape index (κ1) is 11.4. The lowest BCUT2D eigenvalue weighted by Gasteiger charge is -2.28. The average molecular weight is 246 g/mol. The highest BCUT2D eigenvalue weighted by molar-refractivity contribution is 5.82. The van der Waals surface area contributed by atoms with Crippen LogP contribution in [-0.2, 0) is 0 Å². The van der Waals surface area contributed by atoms with E-state index >= 15 is 0 Å². The number of nitrogens with one attached hydrogen (secondary N) is 2. The van der Waals surface area contributed by atoms with Gasteiger partial charge in [-0.3, -0.25) is 0 Å². The van der Waals surface area contributed by atoms with Gasteiger partial charge in [0.1, 0.15) is 11.8 Å². The zero-order valence-electron chi connectivity index (χ0n) is 10.6. The van der Waals surface area contributed by atoms with E-state index in [1.165, 1.54) is 12.8 Å². The molecule has 6 heteroatoms. The van der Waals surface area contributed by atoms with Crippen LogP contribution in [0.15, 0.2) is 12.7 Å². The summed E-state index contributed by atoms with van der Waals surface area (Å²) >= 11 is 0. The van der Waals surface area contributed by atoms with Gasteiger partial charge in [0, 0.05) is 13.1 Å². The molecule has 1 unspecified atom stereocenters. The number of H-pyrrole nitrogens is 1. The number of aromatic nitrogens is 4. The molecule has 2 aromatic heterocycles. The molecule has 0 aromatic carbocycles. The van der Waals surface area contributed by atoms with E-state index in [9.17, 15) is 0 Å². The van der Waals surface area contributed by atoms with Crippen molar-refractivity contribution in [3.8, 4) is 0 Å². The van der Waals surface area contributed by atoms with Crippen molar-refractivity contribution in [2.24, 2.45) is 0 Å². The van der Waals surface area contributed by atoms with Crippen LogP contribution in [0.3, 0.4) is 0 Å². The molecule has 2 aromatic rings. The summed E-state index contributed by atoms with van der Waals surface area (Å²) in [7, 11) is 2.11. The van der Waals surface area contributed by atoms with Crippen molar-refractivity contribution in [3.05, 3.63) is 12.7 Å². The lowest BCUT2D eigenvalue weighted by Crippen LogP contribution is -2.33. The molecule has 1 saturated heterocycles. The van der Waals surface area contributed by atoms with Crippen molar-refractivity contribution < 1.29 is 0 Å². The molecule has 3 heterocycles. The summed E-state index contributed by atoms with van der Waals surface area (Å²) in [5.41, 5.74) is 1.66. The average Bonchev–Trinajstić information content (AvgIpc) is 2.71. The SMILES string of the molecule is CN(c1ncnc2nc[nH]c12)C1CCCNCC1. The van der Waals surface area contributed by atoms with Gasteiger partial charge < -0.3 is 15.2 Å². The molecule has 6 nitrogen and oxygen atoms in total. The number of hydrogen-bond acceptors (Lipinski definition) is 5. The van der Waals surface area contributed by atoms with E-state index in [4.69, 9.17) is 0 Å². The van der Waals surface area contributed by atoms with Crippen LogP contribution in [0.5, 0.6) is 0 Å². The Balaban J connectivity index is 1.90. The second-order valence-electron chi connectivity index (χ2n) is 4.74. The minimum absolute atomic E-state index is 0.529. The van der Waals surface area contributed by atoms with Crippen LogP contribution < -0.4 is 10.2 Å². The Kier molecular flexibility index (Phi) is 3.10. The van der Waals surface area contributed by atoms with Crippen molar-refractivity contribution in [3.63, 3.8) is 0 Å². The van der Waals surface area contributed by atoms with E-state index in [-0.39, 0.29) is 0 Å². The van der Waals surface area contributed by atoms with Crippen LogP contribution in [0.2, 0.25) is 0 Å². The first-order valence-electron chi connectivity index (χ1n) is 6.44. The Morgan fingerprint density at radius 3 is 3.11 bits per heavy atom. The zero-order chi connectivity index (χ0) is 12.4. The first-order valence-corrected chi connectivity index (χ1v) is 6.44. The zero-order valence-corrected chi connectivity index (χ0v) is 10.6. The molecule has 1 aliphatic rings. The van der Waals surface area contributed by atoms with E-state index in [1.54, 1.807) is 12.7 Å². The number of hydrogen-bond donors (Lipinski definition) is 2. The number of fused-ring (bicyclic) bond motifs is 1. The van der Waals surface area contributed by atoms with Gasteiger partial charge in [0.15, 0.2) is 11.5 Å².